The summed E-state index contributed by atoms with van der Waals surface area (Å²) >= 11 is 0. The highest BCUT2D eigenvalue weighted by atomic mass is 16.2. The van der Waals surface area contributed by atoms with Gasteiger partial charge in [0.2, 0.25) is 5.91 Å². The normalized spacial score (nSPS) is 15.4. The van der Waals surface area contributed by atoms with E-state index >= 15 is 0 Å². The van der Waals surface area contributed by atoms with Crippen LogP contribution in [0.15, 0.2) is 0 Å². The SMILES string of the molecule is CC.CC.CN1CCNCC1=O. The van der Waals surface area contributed by atoms with E-state index in [0.29, 0.717) is 6.54 Å². The zero-order valence-corrected chi connectivity index (χ0v) is 8.98. The first kappa shape index (κ1) is 14.0. The molecule has 0 aromatic carbocycles. The van der Waals surface area contributed by atoms with E-state index in [1.165, 1.54) is 0 Å². The molecule has 0 bridgehead atoms. The molecule has 1 heterocycles. The van der Waals surface area contributed by atoms with Crippen LogP contribution in [0, 0.1) is 0 Å². The maximum atomic E-state index is 10.7. The lowest BCUT2D eigenvalue weighted by Crippen LogP contribution is -2.45. The fraction of sp³-hybridized carbons (Fsp3) is 0.889. The fourth-order valence-electron chi connectivity index (χ4n) is 0.702. The van der Waals surface area contributed by atoms with Crippen LogP contribution in [-0.4, -0.2) is 37.5 Å². The zero-order valence-electron chi connectivity index (χ0n) is 8.98. The van der Waals surface area contributed by atoms with Gasteiger partial charge in [0.15, 0.2) is 0 Å². The molecule has 1 saturated heterocycles. The Labute approximate surface area is 76.1 Å². The summed E-state index contributed by atoms with van der Waals surface area (Å²) in [5.41, 5.74) is 0. The lowest BCUT2D eigenvalue weighted by molar-refractivity contribution is -0.130. The maximum Gasteiger partial charge on any atom is 0.236 e. The minimum Gasteiger partial charge on any atom is -0.343 e. The smallest absolute Gasteiger partial charge is 0.236 e. The van der Waals surface area contributed by atoms with Gasteiger partial charge >= 0.3 is 0 Å². The molecule has 1 aliphatic rings. The molecule has 0 spiro atoms. The summed E-state index contributed by atoms with van der Waals surface area (Å²) < 4.78 is 0. The van der Waals surface area contributed by atoms with Crippen molar-refractivity contribution in [2.75, 3.05) is 26.7 Å². The third kappa shape index (κ3) is 6.16. The molecule has 1 fully saturated rings. The summed E-state index contributed by atoms with van der Waals surface area (Å²) in [6, 6.07) is 0. The molecular weight excluding hydrogens is 152 g/mol. The van der Waals surface area contributed by atoms with Crippen LogP contribution in [0.2, 0.25) is 0 Å². The number of carbonyl (C=O) groups is 1. The molecule has 1 amide bonds. The Kier molecular flexibility index (Phi) is 12.2. The summed E-state index contributed by atoms with van der Waals surface area (Å²) in [5.74, 6) is 0.191. The molecule has 3 nitrogen and oxygen atoms in total. The molecule has 74 valence electrons. The minimum atomic E-state index is 0.191. The third-order valence-electron chi connectivity index (χ3n) is 1.33. The van der Waals surface area contributed by atoms with Gasteiger partial charge in [0.1, 0.15) is 0 Å². The molecule has 0 aromatic heterocycles. The van der Waals surface area contributed by atoms with Crippen molar-refractivity contribution < 1.29 is 4.79 Å². The largest absolute Gasteiger partial charge is 0.343 e. The molecule has 3 heteroatoms. The number of hydrogen-bond acceptors (Lipinski definition) is 2. The number of likely N-dealkylation sites (N-methyl/N-ethyl adjacent to an activating group) is 1. The van der Waals surface area contributed by atoms with E-state index in [2.05, 4.69) is 5.32 Å². The summed E-state index contributed by atoms with van der Waals surface area (Å²) in [7, 11) is 1.82. The van der Waals surface area contributed by atoms with Gasteiger partial charge in [-0.25, -0.2) is 0 Å². The van der Waals surface area contributed by atoms with Crippen LogP contribution in [0.4, 0.5) is 0 Å². The highest BCUT2D eigenvalue weighted by Gasteiger charge is 2.11. The first-order valence-corrected chi connectivity index (χ1v) is 4.75. The third-order valence-corrected chi connectivity index (χ3v) is 1.33. The van der Waals surface area contributed by atoms with Crippen LogP contribution in [0.3, 0.4) is 0 Å². The van der Waals surface area contributed by atoms with Crippen LogP contribution >= 0.6 is 0 Å². The monoisotopic (exact) mass is 174 g/mol. The van der Waals surface area contributed by atoms with Crippen LogP contribution in [0.5, 0.6) is 0 Å². The number of hydrogen-bond donors (Lipinski definition) is 1. The number of nitrogens with zero attached hydrogens (tertiary/aromatic N) is 1. The van der Waals surface area contributed by atoms with Crippen LogP contribution in [0.25, 0.3) is 0 Å². The molecule has 0 aliphatic carbocycles. The van der Waals surface area contributed by atoms with E-state index in [0.717, 1.165) is 13.1 Å². The molecule has 1 rings (SSSR count). The predicted molar refractivity (Wildman–Crippen MR) is 53.2 cm³/mol. The van der Waals surface area contributed by atoms with Gasteiger partial charge in [-0.1, -0.05) is 27.7 Å². The van der Waals surface area contributed by atoms with Gasteiger partial charge in [0.05, 0.1) is 6.54 Å². The zero-order chi connectivity index (χ0) is 9.98. The summed E-state index contributed by atoms with van der Waals surface area (Å²) in [6.45, 7) is 10.3. The molecule has 12 heavy (non-hydrogen) atoms. The van der Waals surface area contributed by atoms with E-state index in [1.54, 1.807) is 4.90 Å². The Hall–Kier alpha value is -0.570. The average molecular weight is 174 g/mol. The van der Waals surface area contributed by atoms with Crippen LogP contribution < -0.4 is 5.32 Å². The molecule has 1 N–H and O–H groups in total. The van der Waals surface area contributed by atoms with E-state index in [-0.39, 0.29) is 5.91 Å². The van der Waals surface area contributed by atoms with E-state index in [4.69, 9.17) is 0 Å². The predicted octanol–water partition coefficient (Wildman–Crippen LogP) is 1.10. The number of amides is 1. The van der Waals surface area contributed by atoms with Gasteiger partial charge in [-0.3, -0.25) is 4.79 Å². The van der Waals surface area contributed by atoms with Gasteiger partial charge in [0, 0.05) is 20.1 Å². The Morgan fingerprint density at radius 1 is 1.25 bits per heavy atom. The van der Waals surface area contributed by atoms with Gasteiger partial charge < -0.3 is 10.2 Å². The summed E-state index contributed by atoms with van der Waals surface area (Å²) in [4.78, 5) is 12.4. The molecule has 0 unspecified atom stereocenters. The second-order valence-corrected chi connectivity index (χ2v) is 1.99. The average Bonchev–Trinajstić information content (AvgIpc) is 2.17. The number of rotatable bonds is 0. The second kappa shape index (κ2) is 10.4. The molecule has 1 aliphatic heterocycles. The standard InChI is InChI=1S/C5H10N2O.2C2H6/c1-7-3-2-6-4-5(7)8;2*1-2/h6H,2-4H2,1H3;2*1-2H3. The molecule has 0 saturated carbocycles. The van der Waals surface area contributed by atoms with E-state index in [9.17, 15) is 4.79 Å². The Morgan fingerprint density at radius 3 is 2.00 bits per heavy atom. The molecule has 0 radical (unpaired) electrons. The van der Waals surface area contributed by atoms with Crippen molar-refractivity contribution in [3.05, 3.63) is 0 Å². The van der Waals surface area contributed by atoms with Gasteiger partial charge in [-0.05, 0) is 0 Å². The highest BCUT2D eigenvalue weighted by molar-refractivity contribution is 5.78. The number of nitrogens with one attached hydrogen (secondary N) is 1. The second-order valence-electron chi connectivity index (χ2n) is 1.99. The summed E-state index contributed by atoms with van der Waals surface area (Å²) in [6.07, 6.45) is 0. The highest BCUT2D eigenvalue weighted by Crippen LogP contribution is 1.86. The number of carbonyl (C=O) groups excluding carboxylic acids is 1. The first-order valence-electron chi connectivity index (χ1n) is 4.75. The van der Waals surface area contributed by atoms with Gasteiger partial charge in [-0.15, -0.1) is 0 Å². The molecular formula is C9H22N2O. The van der Waals surface area contributed by atoms with Crippen molar-refractivity contribution in [1.29, 1.82) is 0 Å². The minimum absolute atomic E-state index is 0.191. The fourth-order valence-corrected chi connectivity index (χ4v) is 0.702. The van der Waals surface area contributed by atoms with Crippen LogP contribution in [-0.2, 0) is 4.79 Å². The van der Waals surface area contributed by atoms with Crippen molar-refractivity contribution in [2.24, 2.45) is 0 Å². The molecule has 0 atom stereocenters. The van der Waals surface area contributed by atoms with Crippen molar-refractivity contribution in [3.8, 4) is 0 Å². The Morgan fingerprint density at radius 2 is 1.75 bits per heavy atom. The summed E-state index contributed by atoms with van der Waals surface area (Å²) in [5, 5.41) is 2.97. The van der Waals surface area contributed by atoms with E-state index in [1.807, 2.05) is 34.7 Å². The molecule has 0 aromatic rings. The lowest BCUT2D eigenvalue weighted by Gasteiger charge is -2.22. The van der Waals surface area contributed by atoms with Gasteiger partial charge in [0.25, 0.3) is 0 Å². The lowest BCUT2D eigenvalue weighted by atomic mass is 10.4. The quantitative estimate of drug-likeness (QED) is 0.596. The van der Waals surface area contributed by atoms with Crippen molar-refractivity contribution >= 4 is 5.91 Å². The van der Waals surface area contributed by atoms with Crippen molar-refractivity contribution in [1.82, 2.24) is 10.2 Å². The van der Waals surface area contributed by atoms with E-state index < -0.39 is 0 Å². The Bertz CT molecular complexity index is 105. The Balaban J connectivity index is 0. The number of piperazine rings is 1. The topological polar surface area (TPSA) is 32.3 Å². The van der Waals surface area contributed by atoms with Crippen LogP contribution in [0.1, 0.15) is 27.7 Å². The first-order chi connectivity index (χ1) is 5.80. The maximum absolute atomic E-state index is 10.7. The van der Waals surface area contributed by atoms with Crippen molar-refractivity contribution in [2.45, 2.75) is 27.7 Å². The van der Waals surface area contributed by atoms with Gasteiger partial charge in [-0.2, -0.15) is 0 Å². The van der Waals surface area contributed by atoms with Crippen molar-refractivity contribution in [3.63, 3.8) is 0 Å².